The van der Waals surface area contributed by atoms with E-state index in [2.05, 4.69) is 0 Å². The molecule has 0 saturated heterocycles. The van der Waals surface area contributed by atoms with Gasteiger partial charge in [0.05, 0.1) is 16.9 Å². The van der Waals surface area contributed by atoms with E-state index in [1.165, 1.54) is 0 Å². The second-order valence-corrected chi connectivity index (χ2v) is 5.65. The molecule has 4 nitrogen and oxygen atoms in total. The molecular formula is C10H9F3O4S. The highest BCUT2D eigenvalue weighted by Gasteiger charge is 2.32. The molecule has 1 aromatic carbocycles. The molecule has 100 valence electrons. The van der Waals surface area contributed by atoms with Crippen molar-refractivity contribution in [3.63, 3.8) is 0 Å². The minimum absolute atomic E-state index is 0.169. The molecule has 0 heterocycles. The molecule has 0 aliphatic rings. The zero-order chi connectivity index (χ0) is 14.1. The molecule has 18 heavy (non-hydrogen) atoms. The van der Waals surface area contributed by atoms with Crippen LogP contribution >= 0.6 is 0 Å². The van der Waals surface area contributed by atoms with Crippen molar-refractivity contribution in [1.29, 1.82) is 0 Å². The largest absolute Gasteiger partial charge is 0.481 e. The average Bonchev–Trinajstić information content (AvgIpc) is 2.13. The van der Waals surface area contributed by atoms with Crippen LogP contribution in [0.4, 0.5) is 13.2 Å². The number of hydrogen-bond donors (Lipinski definition) is 1. The average molecular weight is 282 g/mol. The van der Waals surface area contributed by atoms with Crippen LogP contribution in [0.2, 0.25) is 0 Å². The number of alkyl halides is 3. The zero-order valence-electron chi connectivity index (χ0n) is 9.15. The number of hydrogen-bond acceptors (Lipinski definition) is 3. The molecule has 0 aromatic heterocycles. The summed E-state index contributed by atoms with van der Waals surface area (Å²) in [5, 5.41) is 8.57. The van der Waals surface area contributed by atoms with Crippen LogP contribution in [0.3, 0.4) is 0 Å². The summed E-state index contributed by atoms with van der Waals surface area (Å²) < 4.78 is 60.0. The van der Waals surface area contributed by atoms with Gasteiger partial charge in [-0.1, -0.05) is 6.07 Å². The van der Waals surface area contributed by atoms with Crippen molar-refractivity contribution in [3.05, 3.63) is 29.3 Å². The number of carbonyl (C=O) groups is 1. The number of sulfone groups is 1. The topological polar surface area (TPSA) is 71.4 Å². The Kier molecular flexibility index (Phi) is 3.70. The van der Waals surface area contributed by atoms with Crippen LogP contribution in [0.5, 0.6) is 0 Å². The summed E-state index contributed by atoms with van der Waals surface area (Å²) in [6, 6.07) is 1.98. The highest BCUT2D eigenvalue weighted by molar-refractivity contribution is 7.90. The number of carboxylic acids is 1. The van der Waals surface area contributed by atoms with Gasteiger partial charge in [-0.3, -0.25) is 4.79 Å². The van der Waals surface area contributed by atoms with Crippen molar-refractivity contribution >= 4 is 15.8 Å². The molecule has 0 amide bonds. The zero-order valence-corrected chi connectivity index (χ0v) is 9.97. The highest BCUT2D eigenvalue weighted by Crippen LogP contribution is 2.32. The molecule has 1 rings (SSSR count). The normalized spacial score (nSPS) is 12.4. The van der Waals surface area contributed by atoms with Crippen LogP contribution < -0.4 is 0 Å². The fraction of sp³-hybridized carbons (Fsp3) is 0.300. The minimum Gasteiger partial charge on any atom is -0.481 e. The SMILES string of the molecule is CS(=O)(=O)c1cc(C(F)(F)F)ccc1CC(=O)O. The molecule has 0 saturated carbocycles. The Hall–Kier alpha value is -1.57. The number of rotatable bonds is 3. The van der Waals surface area contributed by atoms with Gasteiger partial charge >= 0.3 is 12.1 Å². The van der Waals surface area contributed by atoms with Crippen LogP contribution in [-0.2, 0) is 27.2 Å². The van der Waals surface area contributed by atoms with Gasteiger partial charge in [-0.15, -0.1) is 0 Å². The van der Waals surface area contributed by atoms with Crippen molar-refractivity contribution in [2.75, 3.05) is 6.26 Å². The number of benzene rings is 1. The molecule has 0 spiro atoms. The molecular weight excluding hydrogens is 273 g/mol. The van der Waals surface area contributed by atoms with Gasteiger partial charge in [0.1, 0.15) is 0 Å². The fourth-order valence-electron chi connectivity index (χ4n) is 1.39. The van der Waals surface area contributed by atoms with Crippen molar-refractivity contribution in [3.8, 4) is 0 Å². The van der Waals surface area contributed by atoms with E-state index in [1.54, 1.807) is 0 Å². The summed E-state index contributed by atoms with van der Waals surface area (Å²) in [5.74, 6) is -1.32. The summed E-state index contributed by atoms with van der Waals surface area (Å²) >= 11 is 0. The second kappa shape index (κ2) is 4.60. The monoisotopic (exact) mass is 282 g/mol. The van der Waals surface area contributed by atoms with Crippen molar-refractivity contribution in [2.45, 2.75) is 17.5 Å². The Labute approximate surface area is 101 Å². The predicted molar refractivity (Wildman–Crippen MR) is 55.9 cm³/mol. The van der Waals surface area contributed by atoms with E-state index in [9.17, 15) is 26.4 Å². The molecule has 0 aliphatic carbocycles. The quantitative estimate of drug-likeness (QED) is 0.916. The Morgan fingerprint density at radius 3 is 2.28 bits per heavy atom. The third-order valence-corrected chi connectivity index (χ3v) is 3.31. The van der Waals surface area contributed by atoms with Gasteiger partial charge in [0.2, 0.25) is 0 Å². The predicted octanol–water partition coefficient (Wildman–Crippen LogP) is 1.74. The summed E-state index contributed by atoms with van der Waals surface area (Å²) in [6.07, 6.45) is -4.60. The maximum Gasteiger partial charge on any atom is 0.416 e. The highest BCUT2D eigenvalue weighted by atomic mass is 32.2. The number of carboxylic acid groups (broad SMARTS) is 1. The first kappa shape index (κ1) is 14.5. The van der Waals surface area contributed by atoms with Crippen LogP contribution in [0.15, 0.2) is 23.1 Å². The molecule has 1 aromatic rings. The molecule has 0 unspecified atom stereocenters. The minimum atomic E-state index is -4.68. The van der Waals surface area contributed by atoms with E-state index in [1.807, 2.05) is 0 Å². The van der Waals surface area contributed by atoms with Gasteiger partial charge in [-0.05, 0) is 17.7 Å². The summed E-state index contributed by atoms with van der Waals surface area (Å²) in [4.78, 5) is 9.90. The number of aliphatic carboxylic acids is 1. The van der Waals surface area contributed by atoms with E-state index < -0.39 is 38.9 Å². The maximum atomic E-state index is 12.4. The van der Waals surface area contributed by atoms with Gasteiger partial charge in [-0.25, -0.2) is 8.42 Å². The first-order valence-electron chi connectivity index (χ1n) is 4.64. The Morgan fingerprint density at radius 2 is 1.89 bits per heavy atom. The van der Waals surface area contributed by atoms with Crippen molar-refractivity contribution in [2.24, 2.45) is 0 Å². The van der Waals surface area contributed by atoms with Crippen LogP contribution in [-0.4, -0.2) is 25.7 Å². The van der Waals surface area contributed by atoms with Crippen LogP contribution in [0.1, 0.15) is 11.1 Å². The Morgan fingerprint density at radius 1 is 1.33 bits per heavy atom. The molecule has 0 atom stereocenters. The Balaban J connectivity index is 3.44. The lowest BCUT2D eigenvalue weighted by Gasteiger charge is -2.11. The van der Waals surface area contributed by atoms with Crippen LogP contribution in [0.25, 0.3) is 0 Å². The number of halogens is 3. The van der Waals surface area contributed by atoms with Gasteiger partial charge in [-0.2, -0.15) is 13.2 Å². The lowest BCUT2D eigenvalue weighted by molar-refractivity contribution is -0.137. The smallest absolute Gasteiger partial charge is 0.416 e. The molecule has 0 aliphatic heterocycles. The van der Waals surface area contributed by atoms with Crippen molar-refractivity contribution < 1.29 is 31.5 Å². The first-order valence-corrected chi connectivity index (χ1v) is 6.53. The fourth-order valence-corrected chi connectivity index (χ4v) is 2.34. The van der Waals surface area contributed by atoms with E-state index in [-0.39, 0.29) is 5.56 Å². The summed E-state index contributed by atoms with van der Waals surface area (Å²) in [7, 11) is -3.93. The summed E-state index contributed by atoms with van der Waals surface area (Å²) in [6.45, 7) is 0. The molecule has 0 fully saturated rings. The second-order valence-electron chi connectivity index (χ2n) is 3.66. The van der Waals surface area contributed by atoms with E-state index in [4.69, 9.17) is 5.11 Å². The van der Waals surface area contributed by atoms with Gasteiger partial charge in [0.25, 0.3) is 0 Å². The third kappa shape index (κ3) is 3.46. The van der Waals surface area contributed by atoms with Gasteiger partial charge < -0.3 is 5.11 Å². The van der Waals surface area contributed by atoms with Gasteiger partial charge in [0.15, 0.2) is 9.84 Å². The van der Waals surface area contributed by atoms with E-state index in [0.29, 0.717) is 12.1 Å². The first-order chi connectivity index (χ1) is 8.01. The molecule has 1 N–H and O–H groups in total. The lowest BCUT2D eigenvalue weighted by atomic mass is 10.1. The maximum absolute atomic E-state index is 12.4. The van der Waals surface area contributed by atoms with Crippen molar-refractivity contribution in [1.82, 2.24) is 0 Å². The molecule has 0 bridgehead atoms. The third-order valence-electron chi connectivity index (χ3n) is 2.14. The standard InChI is InChI=1S/C10H9F3O4S/c1-18(16,17)8-5-7(10(11,12)13)3-2-6(8)4-9(14)15/h2-3,5H,4H2,1H3,(H,14,15). The Bertz CT molecular complexity index is 575. The van der Waals surface area contributed by atoms with Crippen LogP contribution in [0, 0.1) is 0 Å². The van der Waals surface area contributed by atoms with E-state index in [0.717, 1.165) is 12.3 Å². The molecule has 8 heteroatoms. The summed E-state index contributed by atoms with van der Waals surface area (Å²) in [5.41, 5.74) is -1.30. The lowest BCUT2D eigenvalue weighted by Crippen LogP contribution is -2.11. The van der Waals surface area contributed by atoms with E-state index >= 15 is 0 Å². The molecule has 0 radical (unpaired) electrons. The van der Waals surface area contributed by atoms with Gasteiger partial charge in [0, 0.05) is 6.26 Å².